The monoisotopic (exact) mass is 278 g/mol. The van der Waals surface area contributed by atoms with Crippen LogP contribution in [0.4, 0.5) is 0 Å². The van der Waals surface area contributed by atoms with E-state index < -0.39 is 0 Å². The molecule has 1 atom stereocenters. The predicted octanol–water partition coefficient (Wildman–Crippen LogP) is 1.76. The van der Waals surface area contributed by atoms with Gasteiger partial charge in [-0.1, -0.05) is 12.2 Å². The second-order valence-corrected chi connectivity index (χ2v) is 5.55. The van der Waals surface area contributed by atoms with Crippen molar-refractivity contribution in [2.75, 3.05) is 13.2 Å². The lowest BCUT2D eigenvalue weighted by molar-refractivity contribution is 0.0662. The van der Waals surface area contributed by atoms with Gasteiger partial charge in [-0.2, -0.15) is 0 Å². The first-order valence-corrected chi connectivity index (χ1v) is 7.22. The van der Waals surface area contributed by atoms with Crippen LogP contribution in [-0.4, -0.2) is 29.3 Å². The minimum absolute atomic E-state index is 0.175. The van der Waals surface area contributed by atoms with E-state index in [0.717, 1.165) is 50.0 Å². The summed E-state index contributed by atoms with van der Waals surface area (Å²) in [5, 5.41) is 0. The Morgan fingerprint density at radius 2 is 2.37 bits per heavy atom. The molecule has 1 aromatic rings. The van der Waals surface area contributed by atoms with Crippen molar-refractivity contribution >= 4 is 17.2 Å². The molecule has 1 unspecified atom stereocenters. The molecule has 1 aliphatic heterocycles. The number of aryl methyl sites for hydroxylation is 2. The van der Waals surface area contributed by atoms with Crippen molar-refractivity contribution in [2.24, 2.45) is 5.73 Å². The fraction of sp³-hybridized carbons (Fsp3) is 0.571. The van der Waals surface area contributed by atoms with Gasteiger partial charge in [0, 0.05) is 12.3 Å². The number of rotatable bonds is 4. The first-order chi connectivity index (χ1) is 9.24. The molecule has 2 N–H and O–H groups in total. The van der Waals surface area contributed by atoms with E-state index in [0.29, 0.717) is 17.5 Å². The Kier molecular flexibility index (Phi) is 3.66. The van der Waals surface area contributed by atoms with Gasteiger partial charge in [-0.3, -0.25) is 0 Å². The van der Waals surface area contributed by atoms with Crippen molar-refractivity contribution in [1.82, 2.24) is 4.98 Å². The Balaban J connectivity index is 1.80. The Bertz CT molecular complexity index is 498. The van der Waals surface area contributed by atoms with Gasteiger partial charge in [0.2, 0.25) is 5.88 Å². The molecule has 0 spiro atoms. The number of nitrogens with zero attached hydrogens (tertiary/aromatic N) is 1. The van der Waals surface area contributed by atoms with Gasteiger partial charge in [0.1, 0.15) is 11.6 Å². The van der Waals surface area contributed by atoms with Gasteiger partial charge in [-0.25, -0.2) is 4.98 Å². The average Bonchev–Trinajstić information content (AvgIpc) is 3.05. The third-order valence-electron chi connectivity index (χ3n) is 3.71. The summed E-state index contributed by atoms with van der Waals surface area (Å²) in [7, 11) is 0. The molecule has 102 valence electrons. The van der Waals surface area contributed by atoms with E-state index >= 15 is 0 Å². The van der Waals surface area contributed by atoms with Crippen LogP contribution in [0.2, 0.25) is 0 Å². The summed E-state index contributed by atoms with van der Waals surface area (Å²) >= 11 is 5.10. The van der Waals surface area contributed by atoms with Crippen LogP contribution in [0.25, 0.3) is 0 Å². The van der Waals surface area contributed by atoms with E-state index in [-0.39, 0.29) is 6.10 Å². The summed E-state index contributed by atoms with van der Waals surface area (Å²) in [5.74, 6) is 0.573. The largest absolute Gasteiger partial charge is 0.474 e. The number of ether oxygens (including phenoxy) is 2. The number of fused-ring (bicyclic) bond motifs is 1. The number of aromatic nitrogens is 1. The lowest BCUT2D eigenvalue weighted by atomic mass is 10.1. The highest BCUT2D eigenvalue weighted by atomic mass is 32.1. The number of thiocarbonyl (C=S) groups is 1. The molecule has 0 radical (unpaired) electrons. The highest BCUT2D eigenvalue weighted by Crippen LogP contribution is 2.27. The van der Waals surface area contributed by atoms with Crippen LogP contribution < -0.4 is 10.5 Å². The number of nitrogens with two attached hydrogens (primary N) is 1. The van der Waals surface area contributed by atoms with Crippen molar-refractivity contribution in [3.8, 4) is 5.88 Å². The molecule has 2 heterocycles. The quantitative estimate of drug-likeness (QED) is 0.851. The fourth-order valence-corrected chi connectivity index (χ4v) is 2.83. The zero-order chi connectivity index (χ0) is 13.2. The third kappa shape index (κ3) is 2.72. The summed E-state index contributed by atoms with van der Waals surface area (Å²) in [4.78, 5) is 4.94. The molecule has 4 nitrogen and oxygen atoms in total. The Labute approximate surface area is 118 Å². The van der Waals surface area contributed by atoms with Gasteiger partial charge in [-0.15, -0.1) is 0 Å². The molecule has 1 saturated heterocycles. The van der Waals surface area contributed by atoms with Gasteiger partial charge in [0.15, 0.2) is 0 Å². The number of pyridine rings is 1. The van der Waals surface area contributed by atoms with E-state index in [1.165, 1.54) is 5.56 Å². The van der Waals surface area contributed by atoms with Crippen LogP contribution in [0, 0.1) is 0 Å². The number of hydrogen-bond acceptors (Lipinski definition) is 4. The molecule has 1 aromatic heterocycles. The first kappa shape index (κ1) is 12.8. The van der Waals surface area contributed by atoms with Crippen LogP contribution in [0.5, 0.6) is 5.88 Å². The summed E-state index contributed by atoms with van der Waals surface area (Å²) in [6, 6.07) is 2.04. The summed E-state index contributed by atoms with van der Waals surface area (Å²) < 4.78 is 11.4. The molecule has 0 bridgehead atoms. The smallest absolute Gasteiger partial charge is 0.224 e. The SMILES string of the molecule is NC(=S)c1cc2c(nc1OCC1CCCO1)CCC2. The molecule has 1 aliphatic carbocycles. The minimum atomic E-state index is 0.175. The van der Waals surface area contributed by atoms with Gasteiger partial charge < -0.3 is 15.2 Å². The van der Waals surface area contributed by atoms with Crippen molar-refractivity contribution in [3.05, 3.63) is 22.9 Å². The molecule has 0 amide bonds. The van der Waals surface area contributed by atoms with E-state index in [2.05, 4.69) is 4.98 Å². The zero-order valence-electron chi connectivity index (χ0n) is 10.9. The first-order valence-electron chi connectivity index (χ1n) is 6.81. The van der Waals surface area contributed by atoms with E-state index in [1.807, 2.05) is 6.07 Å². The van der Waals surface area contributed by atoms with Crippen molar-refractivity contribution in [2.45, 2.75) is 38.2 Å². The maximum Gasteiger partial charge on any atom is 0.224 e. The number of hydrogen-bond donors (Lipinski definition) is 1. The average molecular weight is 278 g/mol. The van der Waals surface area contributed by atoms with E-state index in [1.54, 1.807) is 0 Å². The molecular weight excluding hydrogens is 260 g/mol. The highest BCUT2D eigenvalue weighted by molar-refractivity contribution is 7.80. The van der Waals surface area contributed by atoms with E-state index in [9.17, 15) is 0 Å². The van der Waals surface area contributed by atoms with Crippen LogP contribution in [0.3, 0.4) is 0 Å². The van der Waals surface area contributed by atoms with Crippen molar-refractivity contribution < 1.29 is 9.47 Å². The summed E-state index contributed by atoms with van der Waals surface area (Å²) in [6.07, 6.45) is 5.55. The lowest BCUT2D eigenvalue weighted by Crippen LogP contribution is -2.20. The minimum Gasteiger partial charge on any atom is -0.474 e. The molecule has 19 heavy (non-hydrogen) atoms. The molecule has 0 saturated carbocycles. The van der Waals surface area contributed by atoms with Crippen molar-refractivity contribution in [3.63, 3.8) is 0 Å². The van der Waals surface area contributed by atoms with E-state index in [4.69, 9.17) is 27.4 Å². The fourth-order valence-electron chi connectivity index (χ4n) is 2.69. The summed E-state index contributed by atoms with van der Waals surface area (Å²) in [6.45, 7) is 1.36. The molecule has 5 heteroatoms. The van der Waals surface area contributed by atoms with Crippen molar-refractivity contribution in [1.29, 1.82) is 0 Å². The predicted molar refractivity (Wildman–Crippen MR) is 76.6 cm³/mol. The van der Waals surface area contributed by atoms with Gasteiger partial charge in [-0.05, 0) is 43.7 Å². The van der Waals surface area contributed by atoms with Gasteiger partial charge >= 0.3 is 0 Å². The van der Waals surface area contributed by atoms with Crippen LogP contribution in [-0.2, 0) is 17.6 Å². The molecule has 1 fully saturated rings. The molecular formula is C14H18N2O2S. The Morgan fingerprint density at radius 1 is 1.47 bits per heavy atom. The molecule has 0 aromatic carbocycles. The standard InChI is InChI=1S/C14H18N2O2S/c15-13(19)11-7-9-3-1-5-12(9)16-14(11)18-8-10-4-2-6-17-10/h7,10H,1-6,8H2,(H2,15,19). The topological polar surface area (TPSA) is 57.4 Å². The van der Waals surface area contributed by atoms with Crippen LogP contribution in [0.15, 0.2) is 6.07 Å². The third-order valence-corrected chi connectivity index (χ3v) is 3.93. The summed E-state index contributed by atoms with van der Waals surface area (Å²) in [5.41, 5.74) is 8.91. The second-order valence-electron chi connectivity index (χ2n) is 5.11. The Morgan fingerprint density at radius 3 is 3.11 bits per heavy atom. The normalized spacial score (nSPS) is 21.4. The van der Waals surface area contributed by atoms with Crippen LogP contribution in [0.1, 0.15) is 36.1 Å². The second kappa shape index (κ2) is 5.43. The van der Waals surface area contributed by atoms with Crippen LogP contribution >= 0.6 is 12.2 Å². The highest BCUT2D eigenvalue weighted by Gasteiger charge is 2.21. The maximum absolute atomic E-state index is 5.80. The van der Waals surface area contributed by atoms with Gasteiger partial charge in [0.05, 0.1) is 11.7 Å². The lowest BCUT2D eigenvalue weighted by Gasteiger charge is -2.14. The van der Waals surface area contributed by atoms with Gasteiger partial charge in [0.25, 0.3) is 0 Å². The zero-order valence-corrected chi connectivity index (χ0v) is 11.7. The maximum atomic E-state index is 5.80. The Hall–Kier alpha value is -1.20. The molecule has 3 rings (SSSR count). The molecule has 2 aliphatic rings.